The Bertz CT molecular complexity index is 424. The molecule has 0 fully saturated rings. The van der Waals surface area contributed by atoms with Crippen LogP contribution < -0.4 is 0 Å². The fraction of sp³-hybridized carbons (Fsp3) is 0.250. The van der Waals surface area contributed by atoms with E-state index in [9.17, 15) is 5.11 Å². The molecule has 2 nitrogen and oxygen atoms in total. The van der Waals surface area contributed by atoms with Gasteiger partial charge in [-0.05, 0) is 12.5 Å². The van der Waals surface area contributed by atoms with Crippen LogP contribution in [0.15, 0.2) is 35.8 Å². The van der Waals surface area contributed by atoms with Crippen molar-refractivity contribution in [2.75, 3.05) is 0 Å². The van der Waals surface area contributed by atoms with Gasteiger partial charge in [-0.25, -0.2) is 4.98 Å². The van der Waals surface area contributed by atoms with Crippen LogP contribution in [-0.2, 0) is 6.42 Å². The maximum Gasteiger partial charge on any atom is 0.101 e. The second-order valence-corrected chi connectivity index (χ2v) is 4.56. The van der Waals surface area contributed by atoms with Crippen molar-refractivity contribution >= 4 is 11.3 Å². The summed E-state index contributed by atoms with van der Waals surface area (Å²) in [7, 11) is 0. The molecule has 15 heavy (non-hydrogen) atoms. The zero-order valence-corrected chi connectivity index (χ0v) is 9.37. The zero-order valence-electron chi connectivity index (χ0n) is 8.55. The molecule has 1 unspecified atom stereocenters. The Labute approximate surface area is 93.2 Å². The summed E-state index contributed by atoms with van der Waals surface area (Å²) in [6, 6.07) is 9.98. The Morgan fingerprint density at radius 1 is 1.33 bits per heavy atom. The third-order valence-electron chi connectivity index (χ3n) is 2.37. The Kier molecular flexibility index (Phi) is 3.14. The van der Waals surface area contributed by atoms with E-state index < -0.39 is 6.10 Å². The number of aromatic nitrogens is 1. The Balaban J connectivity index is 2.11. The monoisotopic (exact) mass is 219 g/mol. The van der Waals surface area contributed by atoms with Gasteiger partial charge >= 0.3 is 0 Å². The summed E-state index contributed by atoms with van der Waals surface area (Å²) in [6.45, 7) is 1.99. The van der Waals surface area contributed by atoms with Crippen LogP contribution in [0.5, 0.6) is 0 Å². The number of rotatable bonds is 3. The van der Waals surface area contributed by atoms with Crippen LogP contribution >= 0.6 is 11.3 Å². The summed E-state index contributed by atoms with van der Waals surface area (Å²) in [5, 5.41) is 9.99. The lowest BCUT2D eigenvalue weighted by Crippen LogP contribution is -2.03. The lowest BCUT2D eigenvalue weighted by Gasteiger charge is -2.08. The quantitative estimate of drug-likeness (QED) is 0.861. The van der Waals surface area contributed by atoms with Crippen LogP contribution in [0.4, 0.5) is 0 Å². The molecular formula is C12H13NOS. The smallest absolute Gasteiger partial charge is 0.101 e. The van der Waals surface area contributed by atoms with E-state index in [1.165, 1.54) is 0 Å². The van der Waals surface area contributed by atoms with Crippen molar-refractivity contribution in [1.29, 1.82) is 0 Å². The summed E-state index contributed by atoms with van der Waals surface area (Å²) in [5.74, 6) is 0. The Morgan fingerprint density at radius 3 is 2.67 bits per heavy atom. The average molecular weight is 219 g/mol. The van der Waals surface area contributed by atoms with E-state index in [0.717, 1.165) is 16.1 Å². The van der Waals surface area contributed by atoms with Crippen molar-refractivity contribution in [1.82, 2.24) is 4.98 Å². The van der Waals surface area contributed by atoms with Gasteiger partial charge in [-0.1, -0.05) is 30.3 Å². The molecule has 3 heteroatoms. The topological polar surface area (TPSA) is 33.1 Å². The normalized spacial score (nSPS) is 12.7. The van der Waals surface area contributed by atoms with Crippen molar-refractivity contribution in [3.8, 4) is 0 Å². The minimum atomic E-state index is -0.487. The number of benzene rings is 1. The van der Waals surface area contributed by atoms with Gasteiger partial charge in [-0.2, -0.15) is 0 Å². The molecule has 0 aliphatic heterocycles. The van der Waals surface area contributed by atoms with E-state index in [0.29, 0.717) is 6.42 Å². The van der Waals surface area contributed by atoms with Crippen molar-refractivity contribution in [3.05, 3.63) is 52.0 Å². The van der Waals surface area contributed by atoms with Gasteiger partial charge in [-0.15, -0.1) is 11.3 Å². The second kappa shape index (κ2) is 4.55. The fourth-order valence-corrected chi connectivity index (χ4v) is 2.20. The van der Waals surface area contributed by atoms with Gasteiger partial charge in [0.15, 0.2) is 0 Å². The fourth-order valence-electron chi connectivity index (χ4n) is 1.57. The highest BCUT2D eigenvalue weighted by atomic mass is 32.1. The van der Waals surface area contributed by atoms with Crippen molar-refractivity contribution in [2.45, 2.75) is 19.4 Å². The predicted molar refractivity (Wildman–Crippen MR) is 62.0 cm³/mol. The Morgan fingerprint density at radius 2 is 2.07 bits per heavy atom. The maximum absolute atomic E-state index is 9.99. The molecule has 0 aliphatic carbocycles. The summed E-state index contributed by atoms with van der Waals surface area (Å²) in [6.07, 6.45) is 0.143. The number of hydrogen-bond donors (Lipinski definition) is 1. The Hall–Kier alpha value is -1.19. The molecular weight excluding hydrogens is 206 g/mol. The minimum absolute atomic E-state index is 0.487. The molecule has 0 saturated heterocycles. The van der Waals surface area contributed by atoms with Crippen LogP contribution in [0.3, 0.4) is 0 Å². The van der Waals surface area contributed by atoms with Crippen molar-refractivity contribution in [3.63, 3.8) is 0 Å². The number of hydrogen-bond acceptors (Lipinski definition) is 3. The maximum atomic E-state index is 9.99. The number of aliphatic hydroxyl groups excluding tert-OH is 1. The summed E-state index contributed by atoms with van der Waals surface area (Å²) in [4.78, 5) is 5.28. The first-order valence-corrected chi connectivity index (χ1v) is 5.77. The predicted octanol–water partition coefficient (Wildman–Crippen LogP) is 2.73. The number of thiazole rings is 1. The largest absolute Gasteiger partial charge is 0.386 e. The summed E-state index contributed by atoms with van der Waals surface area (Å²) >= 11 is 1.57. The third kappa shape index (κ3) is 2.43. The van der Waals surface area contributed by atoms with Gasteiger partial charge in [0.25, 0.3) is 0 Å². The van der Waals surface area contributed by atoms with Gasteiger partial charge < -0.3 is 5.11 Å². The first-order chi connectivity index (χ1) is 7.27. The van der Waals surface area contributed by atoms with Gasteiger partial charge in [-0.3, -0.25) is 0 Å². The molecule has 1 aromatic carbocycles. The molecule has 1 N–H and O–H groups in total. The van der Waals surface area contributed by atoms with Gasteiger partial charge in [0, 0.05) is 11.3 Å². The van der Waals surface area contributed by atoms with E-state index in [4.69, 9.17) is 0 Å². The number of aliphatic hydroxyl groups is 1. The number of aryl methyl sites for hydroxylation is 1. The summed E-state index contributed by atoms with van der Waals surface area (Å²) < 4.78 is 0. The van der Waals surface area contributed by atoms with Crippen LogP contribution in [-0.4, -0.2) is 10.1 Å². The van der Waals surface area contributed by atoms with Gasteiger partial charge in [0.05, 0.1) is 11.2 Å². The molecule has 1 heterocycles. The molecule has 2 rings (SSSR count). The third-order valence-corrected chi connectivity index (χ3v) is 3.14. The van der Waals surface area contributed by atoms with Crippen LogP contribution in [0, 0.1) is 6.92 Å². The highest BCUT2D eigenvalue weighted by Gasteiger charge is 2.13. The molecule has 78 valence electrons. The van der Waals surface area contributed by atoms with E-state index in [2.05, 4.69) is 4.98 Å². The number of nitrogens with zero attached hydrogens (tertiary/aromatic N) is 1. The molecule has 0 radical (unpaired) electrons. The zero-order chi connectivity index (χ0) is 10.7. The molecule has 2 aromatic rings. The molecule has 1 aromatic heterocycles. The van der Waals surface area contributed by atoms with Crippen molar-refractivity contribution < 1.29 is 5.11 Å². The first-order valence-electron chi connectivity index (χ1n) is 4.89. The van der Waals surface area contributed by atoms with Gasteiger partial charge in [0.2, 0.25) is 0 Å². The second-order valence-electron chi connectivity index (χ2n) is 3.50. The molecule has 0 amide bonds. The van der Waals surface area contributed by atoms with Crippen LogP contribution in [0.1, 0.15) is 22.2 Å². The van der Waals surface area contributed by atoms with Gasteiger partial charge in [0.1, 0.15) is 6.10 Å². The molecule has 0 aliphatic rings. The highest BCUT2D eigenvalue weighted by Crippen LogP contribution is 2.22. The SMILES string of the molecule is Cc1scnc1C(O)Cc1ccccc1. The average Bonchev–Trinajstić information content (AvgIpc) is 2.66. The first kappa shape index (κ1) is 10.3. The highest BCUT2D eigenvalue weighted by molar-refractivity contribution is 7.09. The lowest BCUT2D eigenvalue weighted by atomic mass is 10.1. The molecule has 1 atom stereocenters. The van der Waals surface area contributed by atoms with E-state index in [1.54, 1.807) is 16.8 Å². The van der Waals surface area contributed by atoms with Crippen LogP contribution in [0.2, 0.25) is 0 Å². The minimum Gasteiger partial charge on any atom is -0.386 e. The lowest BCUT2D eigenvalue weighted by molar-refractivity contribution is 0.173. The standard InChI is InChI=1S/C12H13NOS/c1-9-12(13-8-15-9)11(14)7-10-5-3-2-4-6-10/h2-6,8,11,14H,7H2,1H3. The van der Waals surface area contributed by atoms with Crippen LogP contribution in [0.25, 0.3) is 0 Å². The van der Waals surface area contributed by atoms with E-state index in [1.807, 2.05) is 37.3 Å². The van der Waals surface area contributed by atoms with E-state index in [-0.39, 0.29) is 0 Å². The van der Waals surface area contributed by atoms with E-state index >= 15 is 0 Å². The molecule has 0 bridgehead atoms. The molecule has 0 spiro atoms. The van der Waals surface area contributed by atoms with Crippen molar-refractivity contribution in [2.24, 2.45) is 0 Å². The summed E-state index contributed by atoms with van der Waals surface area (Å²) in [5.41, 5.74) is 3.72. The molecule has 0 saturated carbocycles.